The van der Waals surface area contributed by atoms with Crippen LogP contribution in [0.5, 0.6) is 0 Å². The monoisotopic (exact) mass is 282 g/mol. The number of benzene rings is 1. The molecule has 1 aliphatic heterocycles. The van der Waals surface area contributed by atoms with Crippen LogP contribution in [0.25, 0.3) is 0 Å². The minimum absolute atomic E-state index is 0.0713. The summed E-state index contributed by atoms with van der Waals surface area (Å²) in [7, 11) is 2.14. The molecular weight excluding hydrogens is 258 g/mol. The number of nitrogens with zero attached hydrogens (tertiary/aromatic N) is 1. The highest BCUT2D eigenvalue weighted by Crippen LogP contribution is 2.18. The summed E-state index contributed by atoms with van der Waals surface area (Å²) in [6.45, 7) is 5.28. The van der Waals surface area contributed by atoms with Gasteiger partial charge in [0.15, 0.2) is 0 Å². The van der Waals surface area contributed by atoms with E-state index in [-0.39, 0.29) is 11.6 Å². The third kappa shape index (κ3) is 3.76. The molecule has 0 aromatic heterocycles. The van der Waals surface area contributed by atoms with E-state index < -0.39 is 11.6 Å². The predicted molar refractivity (Wildman–Crippen MR) is 77.8 cm³/mol. The molecule has 0 radical (unpaired) electrons. The number of rotatable bonds is 4. The van der Waals surface area contributed by atoms with Crippen LogP contribution < -0.4 is 5.32 Å². The van der Waals surface area contributed by atoms with Gasteiger partial charge in [0.2, 0.25) is 0 Å². The van der Waals surface area contributed by atoms with Crippen LogP contribution in [0.3, 0.4) is 0 Å². The summed E-state index contributed by atoms with van der Waals surface area (Å²) in [6, 6.07) is 5.11. The molecule has 3 atom stereocenters. The molecule has 2 rings (SSSR count). The molecule has 1 aromatic carbocycles. The van der Waals surface area contributed by atoms with Crippen molar-refractivity contribution in [1.29, 1.82) is 0 Å². The highest BCUT2D eigenvalue weighted by Gasteiger charge is 2.24. The van der Waals surface area contributed by atoms with Gasteiger partial charge in [-0.25, -0.2) is 8.78 Å². The Bertz CT molecular complexity index is 430. The number of likely N-dealkylation sites (tertiary alicyclic amines) is 1. The first kappa shape index (κ1) is 15.4. The van der Waals surface area contributed by atoms with Gasteiger partial charge in [0.25, 0.3) is 0 Å². The first-order valence-electron chi connectivity index (χ1n) is 7.36. The summed E-state index contributed by atoms with van der Waals surface area (Å²) in [5.74, 6) is -0.897. The molecule has 1 saturated heterocycles. The molecule has 0 saturated carbocycles. The van der Waals surface area contributed by atoms with E-state index in [0.29, 0.717) is 18.5 Å². The Morgan fingerprint density at radius 3 is 2.60 bits per heavy atom. The third-order valence-electron chi connectivity index (χ3n) is 4.30. The molecule has 1 heterocycles. The maximum absolute atomic E-state index is 13.6. The highest BCUT2D eigenvalue weighted by molar-refractivity contribution is 5.20. The lowest BCUT2D eigenvalue weighted by molar-refractivity contribution is 0.163. The Morgan fingerprint density at radius 2 is 2.00 bits per heavy atom. The Balaban J connectivity index is 1.91. The van der Waals surface area contributed by atoms with Crippen molar-refractivity contribution in [2.75, 3.05) is 13.6 Å². The zero-order valence-corrected chi connectivity index (χ0v) is 12.5. The van der Waals surface area contributed by atoms with Crippen LogP contribution in [0.2, 0.25) is 0 Å². The van der Waals surface area contributed by atoms with Gasteiger partial charge in [0.1, 0.15) is 11.6 Å². The SMILES string of the molecule is CC(Cc1c(F)cccc1F)NC1CCN(C)C(C)C1. The van der Waals surface area contributed by atoms with Crippen LogP contribution in [0.4, 0.5) is 8.78 Å². The average Bonchev–Trinajstić information content (AvgIpc) is 2.38. The Kier molecular flexibility index (Phi) is 5.11. The molecule has 0 aliphatic carbocycles. The number of nitrogens with one attached hydrogen (secondary N) is 1. The molecule has 112 valence electrons. The van der Waals surface area contributed by atoms with Gasteiger partial charge >= 0.3 is 0 Å². The fourth-order valence-corrected chi connectivity index (χ4v) is 2.94. The Morgan fingerprint density at radius 1 is 1.35 bits per heavy atom. The summed E-state index contributed by atoms with van der Waals surface area (Å²) < 4.78 is 27.3. The number of piperidine rings is 1. The first-order valence-corrected chi connectivity index (χ1v) is 7.36. The summed E-state index contributed by atoms with van der Waals surface area (Å²) in [6.07, 6.45) is 2.56. The minimum Gasteiger partial charge on any atom is -0.311 e. The maximum atomic E-state index is 13.6. The van der Waals surface area contributed by atoms with Gasteiger partial charge in [-0.05, 0) is 58.8 Å². The summed E-state index contributed by atoms with van der Waals surface area (Å²) in [5, 5.41) is 3.51. The number of hydrogen-bond donors (Lipinski definition) is 1. The maximum Gasteiger partial charge on any atom is 0.129 e. The smallest absolute Gasteiger partial charge is 0.129 e. The highest BCUT2D eigenvalue weighted by atomic mass is 19.1. The van der Waals surface area contributed by atoms with E-state index in [1.807, 2.05) is 6.92 Å². The fraction of sp³-hybridized carbons (Fsp3) is 0.625. The molecule has 3 unspecified atom stereocenters. The van der Waals surface area contributed by atoms with Crippen molar-refractivity contribution < 1.29 is 8.78 Å². The normalized spacial score (nSPS) is 25.6. The second kappa shape index (κ2) is 6.64. The number of hydrogen-bond acceptors (Lipinski definition) is 2. The van der Waals surface area contributed by atoms with Crippen LogP contribution in [0.1, 0.15) is 32.3 Å². The minimum atomic E-state index is -0.449. The second-order valence-corrected chi connectivity index (χ2v) is 6.02. The van der Waals surface area contributed by atoms with Crippen molar-refractivity contribution in [3.8, 4) is 0 Å². The predicted octanol–water partition coefficient (Wildman–Crippen LogP) is 2.97. The zero-order chi connectivity index (χ0) is 14.7. The summed E-state index contributed by atoms with van der Waals surface area (Å²) in [5.41, 5.74) is 0.188. The largest absolute Gasteiger partial charge is 0.311 e. The van der Waals surface area contributed by atoms with Gasteiger partial charge < -0.3 is 10.2 Å². The van der Waals surface area contributed by atoms with Crippen molar-refractivity contribution in [1.82, 2.24) is 10.2 Å². The van der Waals surface area contributed by atoms with Crippen LogP contribution >= 0.6 is 0 Å². The van der Waals surface area contributed by atoms with E-state index in [0.717, 1.165) is 19.4 Å². The van der Waals surface area contributed by atoms with Gasteiger partial charge in [-0.3, -0.25) is 0 Å². The molecule has 1 aromatic rings. The molecule has 1 fully saturated rings. The van der Waals surface area contributed by atoms with Crippen LogP contribution in [0.15, 0.2) is 18.2 Å². The fourth-order valence-electron chi connectivity index (χ4n) is 2.94. The molecule has 2 nitrogen and oxygen atoms in total. The molecule has 1 aliphatic rings. The van der Waals surface area contributed by atoms with Crippen molar-refractivity contribution >= 4 is 0 Å². The zero-order valence-electron chi connectivity index (χ0n) is 12.5. The first-order chi connectivity index (χ1) is 9.47. The Labute approximate surface area is 120 Å². The molecule has 1 N–H and O–H groups in total. The quantitative estimate of drug-likeness (QED) is 0.913. The molecule has 0 amide bonds. The molecule has 0 bridgehead atoms. The van der Waals surface area contributed by atoms with Crippen LogP contribution in [-0.2, 0) is 6.42 Å². The molecule has 0 spiro atoms. The lowest BCUT2D eigenvalue weighted by Crippen LogP contribution is -2.48. The van der Waals surface area contributed by atoms with Crippen molar-refractivity contribution in [2.45, 2.75) is 51.2 Å². The van der Waals surface area contributed by atoms with Gasteiger partial charge in [0.05, 0.1) is 0 Å². The van der Waals surface area contributed by atoms with E-state index in [1.54, 1.807) is 0 Å². The van der Waals surface area contributed by atoms with E-state index >= 15 is 0 Å². The molecule has 20 heavy (non-hydrogen) atoms. The van der Waals surface area contributed by atoms with Gasteiger partial charge in [0, 0.05) is 23.7 Å². The summed E-state index contributed by atoms with van der Waals surface area (Å²) >= 11 is 0. The molecular formula is C16H24F2N2. The van der Waals surface area contributed by atoms with Crippen LogP contribution in [0, 0.1) is 11.6 Å². The Hall–Kier alpha value is -1.00. The number of halogens is 2. The van der Waals surface area contributed by atoms with Gasteiger partial charge in [-0.2, -0.15) is 0 Å². The lowest BCUT2D eigenvalue weighted by Gasteiger charge is -2.36. The van der Waals surface area contributed by atoms with Gasteiger partial charge in [-0.15, -0.1) is 0 Å². The topological polar surface area (TPSA) is 15.3 Å². The van der Waals surface area contributed by atoms with E-state index in [4.69, 9.17) is 0 Å². The lowest BCUT2D eigenvalue weighted by atomic mass is 9.97. The van der Waals surface area contributed by atoms with E-state index in [9.17, 15) is 8.78 Å². The van der Waals surface area contributed by atoms with E-state index in [1.165, 1.54) is 18.2 Å². The summed E-state index contributed by atoms with van der Waals surface area (Å²) in [4.78, 5) is 2.35. The second-order valence-electron chi connectivity index (χ2n) is 6.02. The van der Waals surface area contributed by atoms with Crippen molar-refractivity contribution in [3.63, 3.8) is 0 Å². The molecule has 4 heteroatoms. The third-order valence-corrected chi connectivity index (χ3v) is 4.30. The standard InChI is InChI=1S/C16H24F2N2/c1-11(9-14-15(17)5-4-6-16(14)18)19-13-7-8-20(3)12(2)10-13/h4-6,11-13,19H,7-10H2,1-3H3. The van der Waals surface area contributed by atoms with Crippen molar-refractivity contribution in [3.05, 3.63) is 35.4 Å². The van der Waals surface area contributed by atoms with Gasteiger partial charge in [-0.1, -0.05) is 6.07 Å². The average molecular weight is 282 g/mol. The van der Waals surface area contributed by atoms with Crippen molar-refractivity contribution in [2.24, 2.45) is 0 Å². The van der Waals surface area contributed by atoms with E-state index in [2.05, 4.69) is 24.2 Å². The van der Waals surface area contributed by atoms with Crippen LogP contribution in [-0.4, -0.2) is 36.6 Å².